The summed E-state index contributed by atoms with van der Waals surface area (Å²) in [5.74, 6) is 5.78. The second-order valence-electron chi connectivity index (χ2n) is 17.2. The Labute approximate surface area is 380 Å². The van der Waals surface area contributed by atoms with E-state index >= 15 is 0 Å². The molecular weight excluding hydrogens is 852 g/mol. The van der Waals surface area contributed by atoms with Crippen LogP contribution in [0.3, 0.4) is 0 Å². The number of likely N-dealkylation sites (tertiary alicyclic amines) is 2. The highest BCUT2D eigenvalue weighted by Gasteiger charge is 2.44. The molecule has 5 atom stereocenters. The van der Waals surface area contributed by atoms with Crippen LogP contribution < -0.4 is 18.9 Å². The molecule has 4 aliphatic heterocycles. The molecule has 4 heterocycles. The normalized spacial score (nSPS) is 22.2. The van der Waals surface area contributed by atoms with E-state index in [0.717, 1.165) is 93.6 Å². The number of ether oxygens (including phenoxy) is 5. The fourth-order valence-electron chi connectivity index (χ4n) is 8.88. The minimum atomic E-state index is -3.02. The molecule has 1 unspecified atom stereocenters. The lowest BCUT2D eigenvalue weighted by Gasteiger charge is -2.43. The summed E-state index contributed by atoms with van der Waals surface area (Å²) in [7, 11) is -3.02. The highest BCUT2D eigenvalue weighted by atomic mass is 35.5. The molecule has 62 heavy (non-hydrogen) atoms. The second kappa shape index (κ2) is 21.9. The first kappa shape index (κ1) is 51.1. The second-order valence-corrected chi connectivity index (χ2v) is 19.8. The molecule has 14 heteroatoms. The van der Waals surface area contributed by atoms with E-state index in [9.17, 15) is 13.8 Å². The Morgan fingerprint density at radius 3 is 2.11 bits per heavy atom. The zero-order valence-corrected chi connectivity index (χ0v) is 38.1. The quantitative estimate of drug-likeness (QED) is 0.172. The lowest BCUT2D eigenvalue weighted by Crippen LogP contribution is -2.51. The number of carbonyl (C=O) groups excluding carboxylic acids is 2. The van der Waals surface area contributed by atoms with Crippen molar-refractivity contribution in [3.8, 4) is 23.0 Å². The summed E-state index contributed by atoms with van der Waals surface area (Å²) in [6.07, 6.45) is 7.59. The van der Waals surface area contributed by atoms with E-state index in [1.54, 1.807) is 30.3 Å². The molecule has 0 saturated carbocycles. The Hall–Kier alpha value is -3.52. The number of nitrogens with zero attached hydrogens (tertiary/aromatic N) is 2. The Balaban J connectivity index is 0.000000217. The molecule has 344 valence electrons. The van der Waals surface area contributed by atoms with Gasteiger partial charge in [0.25, 0.3) is 0 Å². The Morgan fingerprint density at radius 2 is 1.47 bits per heavy atom. The van der Waals surface area contributed by atoms with Crippen molar-refractivity contribution in [1.82, 2.24) is 9.80 Å². The Kier molecular flexibility index (Phi) is 18.1. The number of benzene rings is 3. The third kappa shape index (κ3) is 12.2. The lowest BCUT2D eigenvalue weighted by atomic mass is 9.74. The van der Waals surface area contributed by atoms with Gasteiger partial charge in [0, 0.05) is 40.2 Å². The first-order valence-corrected chi connectivity index (χ1v) is 23.5. The highest BCUT2D eigenvalue weighted by molar-refractivity contribution is 7.95. The number of aryl methyl sites for hydroxylation is 1. The van der Waals surface area contributed by atoms with Crippen LogP contribution in [0.5, 0.6) is 23.0 Å². The average molecular weight is 920 g/mol. The van der Waals surface area contributed by atoms with Crippen molar-refractivity contribution in [2.24, 2.45) is 11.8 Å². The molecule has 5 aliphatic rings. The number of halogens is 2. The van der Waals surface area contributed by atoms with E-state index < -0.39 is 15.4 Å². The van der Waals surface area contributed by atoms with Crippen molar-refractivity contribution in [1.29, 1.82) is 0 Å². The first-order chi connectivity index (χ1) is 28.5. The molecule has 3 aromatic carbocycles. The molecule has 0 spiro atoms. The third-order valence-electron chi connectivity index (χ3n) is 11.6. The predicted octanol–water partition coefficient (Wildman–Crippen LogP) is 10.6. The average Bonchev–Trinajstić information content (AvgIpc) is 3.85. The minimum absolute atomic E-state index is 0. The van der Waals surface area contributed by atoms with Crippen LogP contribution in [0, 0.1) is 18.8 Å². The lowest BCUT2D eigenvalue weighted by molar-refractivity contribution is -0.164. The topological polar surface area (TPSA) is 124 Å². The number of Topliss-reactive ketones (excluding diaryl/α,β-unsaturated/α-hetero) is 1. The van der Waals surface area contributed by atoms with Crippen molar-refractivity contribution in [2.45, 2.75) is 130 Å². The molecule has 1 aliphatic carbocycles. The number of fused-ring (bicyclic) bond motifs is 5. The van der Waals surface area contributed by atoms with Crippen LogP contribution in [0.2, 0.25) is 10.0 Å². The molecule has 2 saturated heterocycles. The molecule has 11 nitrogen and oxygen atoms in total. The number of carbonyl (C=O) groups is 2. The summed E-state index contributed by atoms with van der Waals surface area (Å²) in [6.45, 7) is 16.5. The van der Waals surface area contributed by atoms with Gasteiger partial charge in [-0.05, 0) is 140 Å². The maximum Gasteiger partial charge on any atom is 0.311 e. The van der Waals surface area contributed by atoms with Crippen LogP contribution in [-0.2, 0) is 32.2 Å². The van der Waals surface area contributed by atoms with Gasteiger partial charge in [-0.1, -0.05) is 69.6 Å². The van der Waals surface area contributed by atoms with E-state index in [-0.39, 0.29) is 64.1 Å². The van der Waals surface area contributed by atoms with Crippen molar-refractivity contribution in [3.63, 3.8) is 0 Å². The van der Waals surface area contributed by atoms with Crippen molar-refractivity contribution in [2.75, 3.05) is 39.8 Å². The van der Waals surface area contributed by atoms with Crippen LogP contribution in [0.25, 0.3) is 0 Å². The van der Waals surface area contributed by atoms with Gasteiger partial charge in [-0.25, -0.2) is 4.21 Å². The van der Waals surface area contributed by atoms with Crippen LogP contribution in [0.4, 0.5) is 0 Å². The number of ketones is 1. The van der Waals surface area contributed by atoms with Crippen LogP contribution in [0.1, 0.15) is 115 Å². The summed E-state index contributed by atoms with van der Waals surface area (Å²) in [5, 5.41) is 1.29. The highest BCUT2D eigenvalue weighted by Crippen LogP contribution is 2.47. The SMILES string of the molecule is C.C.C=S(=O)(O)c1ccc(C)cc1.CCCN1CCC[C@@H](C(=O)OC(C)(C)C)[C@H]1Cc1cc2c(cc1Cl)OCO2.CCCN1CCC[C@@H]2C(=O)c3c(c(Cl)cc4c3OCO4)C[C@H]21. The molecule has 8 rings (SSSR count). The zero-order chi connectivity index (χ0) is 43.4. The van der Waals surface area contributed by atoms with Gasteiger partial charge in [-0.2, -0.15) is 0 Å². The summed E-state index contributed by atoms with van der Waals surface area (Å²) in [4.78, 5) is 31.3. The van der Waals surface area contributed by atoms with Gasteiger partial charge in [0.05, 0.1) is 16.4 Å². The molecule has 1 N–H and O–H groups in total. The van der Waals surface area contributed by atoms with Crippen LogP contribution >= 0.6 is 23.2 Å². The van der Waals surface area contributed by atoms with Crippen molar-refractivity contribution in [3.05, 3.63) is 74.8 Å². The predicted molar refractivity (Wildman–Crippen MR) is 250 cm³/mol. The fourth-order valence-corrected chi connectivity index (χ4v) is 9.94. The maximum atomic E-state index is 13.1. The first-order valence-electron chi connectivity index (χ1n) is 21.1. The van der Waals surface area contributed by atoms with Gasteiger partial charge in [0.2, 0.25) is 13.6 Å². The van der Waals surface area contributed by atoms with Crippen LogP contribution in [-0.4, -0.2) is 93.6 Å². The largest absolute Gasteiger partial charge is 0.460 e. The molecular formula is C48H68Cl2N2O9S. The summed E-state index contributed by atoms with van der Waals surface area (Å²) in [5.41, 5.74) is 3.20. The zero-order valence-electron chi connectivity index (χ0n) is 35.7. The van der Waals surface area contributed by atoms with Gasteiger partial charge in [0.1, 0.15) is 15.4 Å². The van der Waals surface area contributed by atoms with E-state index in [0.29, 0.717) is 44.2 Å². The summed E-state index contributed by atoms with van der Waals surface area (Å²) < 4.78 is 47.6. The van der Waals surface area contributed by atoms with Gasteiger partial charge in [0.15, 0.2) is 28.8 Å². The monoisotopic (exact) mass is 918 g/mol. The molecule has 0 bridgehead atoms. The van der Waals surface area contributed by atoms with E-state index in [2.05, 4.69) is 29.5 Å². The van der Waals surface area contributed by atoms with Gasteiger partial charge >= 0.3 is 5.97 Å². The van der Waals surface area contributed by atoms with Gasteiger partial charge in [-0.15, -0.1) is 0 Å². The third-order valence-corrected chi connectivity index (χ3v) is 13.3. The smallest absolute Gasteiger partial charge is 0.311 e. The number of piperidine rings is 2. The molecule has 2 fully saturated rings. The standard InChI is InChI=1S/C21H30ClNO4.C17H20ClNO3.C8H10O2S.2CH4/c1-5-8-23-9-6-7-15(20(24)27-21(2,3)4)17(23)10-14-11-18-19(12-16(14)22)26-13-25-18;1-2-5-19-6-3-4-10-13(19)7-11-12(18)8-14-17(22-9-21-14)15(11)16(10)20;1-7-3-5-8(6-4-7)11(2,9)10;;/h11-12,15,17H,5-10,13H2,1-4H3;8,10,13H,2-7,9H2,1H3;3-6H,2H2,1H3,(H,9,10);2*1H4/t15-,17-;10-,13+;;;/m10.../s1. The molecule has 0 aromatic heterocycles. The van der Waals surface area contributed by atoms with E-state index in [4.69, 9.17) is 51.4 Å². The Morgan fingerprint density at radius 1 is 0.887 bits per heavy atom. The summed E-state index contributed by atoms with van der Waals surface area (Å²) in [6, 6.07) is 12.7. The van der Waals surface area contributed by atoms with Crippen molar-refractivity contribution < 1.29 is 42.0 Å². The van der Waals surface area contributed by atoms with Gasteiger partial charge < -0.3 is 28.2 Å². The van der Waals surface area contributed by atoms with E-state index in [1.807, 2.05) is 39.8 Å². The number of rotatable bonds is 8. The maximum absolute atomic E-state index is 13.1. The fraction of sp³-hybridized carbons (Fsp3) is 0.562. The van der Waals surface area contributed by atoms with Crippen molar-refractivity contribution >= 4 is 50.6 Å². The number of hydrogen-bond acceptors (Lipinski definition) is 10. The number of hydrogen-bond donors (Lipinski definition) is 1. The van der Waals surface area contributed by atoms with Crippen LogP contribution in [0.15, 0.2) is 47.4 Å². The molecule has 3 aromatic rings. The number of esters is 1. The van der Waals surface area contributed by atoms with Gasteiger partial charge in [-0.3, -0.25) is 19.4 Å². The molecule has 0 amide bonds. The summed E-state index contributed by atoms with van der Waals surface area (Å²) >= 11 is 13.0. The Bertz CT molecular complexity index is 2120. The minimum Gasteiger partial charge on any atom is -0.460 e. The molecule has 0 radical (unpaired) electrons. The van der Waals surface area contributed by atoms with E-state index in [1.165, 1.54) is 0 Å².